The van der Waals surface area contributed by atoms with Gasteiger partial charge in [0.25, 0.3) is 5.91 Å². The van der Waals surface area contributed by atoms with Crippen molar-refractivity contribution >= 4 is 16.9 Å². The van der Waals surface area contributed by atoms with Crippen molar-refractivity contribution in [1.82, 2.24) is 14.5 Å². The molecule has 7 heteroatoms. The van der Waals surface area contributed by atoms with Crippen molar-refractivity contribution in [2.75, 3.05) is 26.3 Å². The van der Waals surface area contributed by atoms with Crippen LogP contribution in [0.1, 0.15) is 34.8 Å². The molecule has 1 amide bonds. The molecule has 3 aliphatic rings. The van der Waals surface area contributed by atoms with E-state index in [1.807, 2.05) is 28.5 Å². The van der Waals surface area contributed by atoms with Gasteiger partial charge in [0.05, 0.1) is 24.8 Å². The summed E-state index contributed by atoms with van der Waals surface area (Å²) in [5.74, 6) is 1.08. The van der Waals surface area contributed by atoms with E-state index in [1.54, 1.807) is 18.5 Å². The van der Waals surface area contributed by atoms with Gasteiger partial charge in [-0.25, -0.2) is 4.98 Å². The molecule has 1 aromatic carbocycles. The van der Waals surface area contributed by atoms with Gasteiger partial charge < -0.3 is 18.9 Å². The average molecular weight is 460 g/mol. The summed E-state index contributed by atoms with van der Waals surface area (Å²) in [5.41, 5.74) is 3.13. The Morgan fingerprint density at radius 3 is 2.53 bits per heavy atom. The van der Waals surface area contributed by atoms with Gasteiger partial charge in [-0.3, -0.25) is 9.59 Å². The van der Waals surface area contributed by atoms with Crippen molar-refractivity contribution in [2.45, 2.75) is 38.8 Å². The van der Waals surface area contributed by atoms with E-state index in [0.717, 1.165) is 19.3 Å². The van der Waals surface area contributed by atoms with Crippen LogP contribution in [0, 0.1) is 11.8 Å². The number of hydrogen-bond acceptors (Lipinski definition) is 5. The van der Waals surface area contributed by atoms with Gasteiger partial charge in [0, 0.05) is 50.5 Å². The fourth-order valence-corrected chi connectivity index (χ4v) is 5.80. The Bertz CT molecular complexity index is 1280. The Hall–Kier alpha value is -3.19. The second kappa shape index (κ2) is 8.55. The van der Waals surface area contributed by atoms with E-state index in [0.29, 0.717) is 61.5 Å². The minimum absolute atomic E-state index is 0.0184. The SMILES string of the molecule is CCn1cc(C(=O)N2CC3COCC(C3)C2)c(=O)c2cc(OC3Cc4ccccc4C3)cnc21. The number of benzene rings is 1. The van der Waals surface area contributed by atoms with Crippen LogP contribution in [0.4, 0.5) is 0 Å². The lowest BCUT2D eigenvalue weighted by molar-refractivity contribution is -0.0339. The number of aromatic nitrogens is 2. The predicted molar refractivity (Wildman–Crippen MR) is 128 cm³/mol. The lowest BCUT2D eigenvalue weighted by Gasteiger charge is -2.41. The van der Waals surface area contributed by atoms with Crippen LogP contribution in [0.2, 0.25) is 0 Å². The number of carbonyl (C=O) groups excluding carboxylic acids is 1. The van der Waals surface area contributed by atoms with Crippen molar-refractivity contribution in [1.29, 1.82) is 0 Å². The van der Waals surface area contributed by atoms with Crippen LogP contribution < -0.4 is 10.2 Å². The Balaban J connectivity index is 1.31. The van der Waals surface area contributed by atoms with Gasteiger partial charge >= 0.3 is 0 Å². The maximum Gasteiger partial charge on any atom is 0.259 e. The van der Waals surface area contributed by atoms with Gasteiger partial charge in [0.2, 0.25) is 5.43 Å². The summed E-state index contributed by atoms with van der Waals surface area (Å²) in [4.78, 5) is 33.4. The summed E-state index contributed by atoms with van der Waals surface area (Å²) >= 11 is 0. The molecule has 6 rings (SSSR count). The summed E-state index contributed by atoms with van der Waals surface area (Å²) in [6.45, 7) is 5.26. The highest BCUT2D eigenvalue weighted by Gasteiger charge is 2.34. The molecule has 2 fully saturated rings. The molecule has 2 unspecified atom stereocenters. The smallest absolute Gasteiger partial charge is 0.259 e. The minimum Gasteiger partial charge on any atom is -0.488 e. The van der Waals surface area contributed by atoms with Crippen LogP contribution in [-0.2, 0) is 24.1 Å². The Kier molecular flexibility index (Phi) is 5.37. The van der Waals surface area contributed by atoms with Gasteiger partial charge in [-0.1, -0.05) is 24.3 Å². The highest BCUT2D eigenvalue weighted by atomic mass is 16.5. The molecule has 0 spiro atoms. The zero-order valence-electron chi connectivity index (χ0n) is 19.4. The van der Waals surface area contributed by atoms with Crippen molar-refractivity contribution in [3.05, 3.63) is 69.6 Å². The number of nitrogens with zero attached hydrogens (tertiary/aromatic N) is 3. The zero-order chi connectivity index (χ0) is 23.2. The molecule has 2 saturated heterocycles. The number of hydrogen-bond donors (Lipinski definition) is 0. The number of rotatable bonds is 4. The molecular weight excluding hydrogens is 430 g/mol. The first kappa shape index (κ1) is 21.4. The molecule has 2 atom stereocenters. The van der Waals surface area contributed by atoms with E-state index in [9.17, 15) is 9.59 Å². The van der Waals surface area contributed by atoms with Gasteiger partial charge in [-0.15, -0.1) is 0 Å². The number of likely N-dealkylation sites (tertiary alicyclic amines) is 1. The standard InChI is InChI=1S/C27H29N3O4/c1-2-29-14-24(27(32)30-12-17-7-18(13-30)16-33-15-17)25(31)23-10-22(11-28-26(23)29)34-21-8-19-5-3-4-6-20(19)9-21/h3-6,10-11,14,17-18,21H,2,7-9,12-13,15-16H2,1H3. The summed E-state index contributed by atoms with van der Waals surface area (Å²) in [6.07, 6.45) is 6.15. The fraction of sp³-hybridized carbons (Fsp3) is 0.444. The zero-order valence-corrected chi connectivity index (χ0v) is 19.4. The van der Waals surface area contributed by atoms with Gasteiger partial charge in [-0.2, -0.15) is 0 Å². The van der Waals surface area contributed by atoms with E-state index in [1.165, 1.54) is 11.1 Å². The minimum atomic E-state index is -0.274. The number of amides is 1. The maximum absolute atomic E-state index is 13.5. The van der Waals surface area contributed by atoms with Crippen molar-refractivity contribution in [2.24, 2.45) is 11.8 Å². The molecule has 2 aromatic heterocycles. The van der Waals surface area contributed by atoms with Gasteiger partial charge in [-0.05, 0) is 30.5 Å². The third kappa shape index (κ3) is 3.78. The van der Waals surface area contributed by atoms with E-state index >= 15 is 0 Å². The maximum atomic E-state index is 13.5. The molecular formula is C27H29N3O4. The van der Waals surface area contributed by atoms with Crippen LogP contribution >= 0.6 is 0 Å². The molecule has 0 radical (unpaired) electrons. The number of piperidine rings is 1. The summed E-state index contributed by atoms with van der Waals surface area (Å²) in [7, 11) is 0. The van der Waals surface area contributed by atoms with Crippen molar-refractivity contribution in [3.63, 3.8) is 0 Å². The Morgan fingerprint density at radius 1 is 1.15 bits per heavy atom. The first-order valence-electron chi connectivity index (χ1n) is 12.2. The third-order valence-electron chi connectivity index (χ3n) is 7.39. The summed E-state index contributed by atoms with van der Waals surface area (Å²) < 4.78 is 13.8. The topological polar surface area (TPSA) is 73.7 Å². The van der Waals surface area contributed by atoms with E-state index < -0.39 is 0 Å². The summed E-state index contributed by atoms with van der Waals surface area (Å²) in [6, 6.07) is 10.1. The fourth-order valence-electron chi connectivity index (χ4n) is 5.80. The van der Waals surface area contributed by atoms with Crippen LogP contribution in [0.3, 0.4) is 0 Å². The largest absolute Gasteiger partial charge is 0.488 e. The number of pyridine rings is 2. The quantitative estimate of drug-likeness (QED) is 0.600. The first-order chi connectivity index (χ1) is 16.6. The summed E-state index contributed by atoms with van der Waals surface area (Å²) in [5, 5.41) is 0.432. The average Bonchev–Trinajstić information content (AvgIpc) is 3.26. The van der Waals surface area contributed by atoms with Crippen LogP contribution in [-0.4, -0.2) is 52.8 Å². The van der Waals surface area contributed by atoms with E-state index in [4.69, 9.17) is 9.47 Å². The number of ether oxygens (including phenoxy) is 2. The molecule has 7 nitrogen and oxygen atoms in total. The van der Waals surface area contributed by atoms with Crippen LogP contribution in [0.25, 0.3) is 11.0 Å². The van der Waals surface area contributed by atoms with Gasteiger partial charge in [0.15, 0.2) is 0 Å². The number of carbonyl (C=O) groups is 1. The Labute approximate surface area is 198 Å². The molecule has 34 heavy (non-hydrogen) atoms. The molecule has 1 aliphatic carbocycles. The van der Waals surface area contributed by atoms with Crippen molar-refractivity contribution < 1.29 is 14.3 Å². The molecule has 2 aliphatic heterocycles. The molecule has 0 N–H and O–H groups in total. The molecule has 2 bridgehead atoms. The molecule has 4 heterocycles. The highest BCUT2D eigenvalue weighted by molar-refractivity contribution is 5.97. The molecule has 3 aromatic rings. The third-order valence-corrected chi connectivity index (χ3v) is 7.39. The normalized spacial score (nSPS) is 22.1. The lowest BCUT2D eigenvalue weighted by Crippen LogP contribution is -2.49. The Morgan fingerprint density at radius 2 is 1.85 bits per heavy atom. The molecule has 0 saturated carbocycles. The second-order valence-corrected chi connectivity index (χ2v) is 9.83. The van der Waals surface area contributed by atoms with Crippen molar-refractivity contribution in [3.8, 4) is 5.75 Å². The first-order valence-corrected chi connectivity index (χ1v) is 12.2. The predicted octanol–water partition coefficient (Wildman–Crippen LogP) is 3.07. The molecule has 176 valence electrons. The monoisotopic (exact) mass is 459 g/mol. The second-order valence-electron chi connectivity index (χ2n) is 9.83. The van der Waals surface area contributed by atoms with Crippen LogP contribution in [0.15, 0.2) is 47.5 Å². The van der Waals surface area contributed by atoms with E-state index in [2.05, 4.69) is 17.1 Å². The van der Waals surface area contributed by atoms with Crippen LogP contribution in [0.5, 0.6) is 5.75 Å². The van der Waals surface area contributed by atoms with Gasteiger partial charge in [0.1, 0.15) is 23.1 Å². The highest BCUT2D eigenvalue weighted by Crippen LogP contribution is 2.29. The number of aryl methyl sites for hydroxylation is 1. The van der Waals surface area contributed by atoms with E-state index in [-0.39, 0.29) is 23.0 Å². The lowest BCUT2D eigenvalue weighted by atomic mass is 9.88. The number of fused-ring (bicyclic) bond motifs is 4.